The summed E-state index contributed by atoms with van der Waals surface area (Å²) >= 11 is 0. The van der Waals surface area contributed by atoms with Gasteiger partial charge in [0.25, 0.3) is 5.56 Å². The maximum Gasteiger partial charge on any atom is 0.254 e. The lowest BCUT2D eigenvalue weighted by Crippen LogP contribution is -2.47. The topological polar surface area (TPSA) is 99.3 Å². The van der Waals surface area contributed by atoms with Crippen molar-refractivity contribution in [3.05, 3.63) is 39.9 Å². The van der Waals surface area contributed by atoms with Crippen molar-refractivity contribution in [3.8, 4) is 11.4 Å². The zero-order valence-corrected chi connectivity index (χ0v) is 17.6. The summed E-state index contributed by atoms with van der Waals surface area (Å²) in [7, 11) is -3.18. The molecule has 8 nitrogen and oxygen atoms in total. The molecule has 0 unspecified atom stereocenters. The van der Waals surface area contributed by atoms with Gasteiger partial charge in [-0.05, 0) is 38.8 Å². The smallest absolute Gasteiger partial charge is 0.254 e. The molecule has 0 amide bonds. The molecule has 2 aromatic heterocycles. The third kappa shape index (κ3) is 4.25. The van der Waals surface area contributed by atoms with Crippen LogP contribution in [0.25, 0.3) is 11.4 Å². The molecule has 9 heteroatoms. The summed E-state index contributed by atoms with van der Waals surface area (Å²) in [5.41, 5.74) is 1.94. The van der Waals surface area contributed by atoms with E-state index in [2.05, 4.69) is 19.9 Å². The third-order valence-electron chi connectivity index (χ3n) is 5.35. The van der Waals surface area contributed by atoms with Crippen LogP contribution in [-0.2, 0) is 10.0 Å². The van der Waals surface area contributed by atoms with Crippen molar-refractivity contribution in [2.45, 2.75) is 39.7 Å². The van der Waals surface area contributed by atoms with Crippen molar-refractivity contribution in [1.29, 1.82) is 0 Å². The quantitative estimate of drug-likeness (QED) is 0.813. The van der Waals surface area contributed by atoms with Crippen molar-refractivity contribution < 1.29 is 8.42 Å². The maximum atomic E-state index is 12.0. The highest BCUT2D eigenvalue weighted by Crippen LogP contribution is 2.24. The molecule has 0 radical (unpaired) electrons. The lowest BCUT2D eigenvalue weighted by atomic mass is 10.0. The fourth-order valence-electron chi connectivity index (χ4n) is 3.64. The average Bonchev–Trinajstić information content (AvgIpc) is 2.66. The van der Waals surface area contributed by atoms with Gasteiger partial charge in [-0.1, -0.05) is 6.92 Å². The number of nitrogens with zero attached hydrogens (tertiary/aromatic N) is 4. The molecule has 1 N–H and O–H groups in total. The van der Waals surface area contributed by atoms with Gasteiger partial charge in [-0.25, -0.2) is 18.4 Å². The number of hydrogen-bond acceptors (Lipinski definition) is 6. The third-order valence-corrected chi connectivity index (χ3v) is 6.76. The van der Waals surface area contributed by atoms with Crippen molar-refractivity contribution in [1.82, 2.24) is 19.3 Å². The first-order valence-corrected chi connectivity index (χ1v) is 11.3. The van der Waals surface area contributed by atoms with Gasteiger partial charge < -0.3 is 9.88 Å². The van der Waals surface area contributed by atoms with Crippen LogP contribution in [0.2, 0.25) is 0 Å². The Bertz CT molecular complexity index is 993. The lowest BCUT2D eigenvalue weighted by Gasteiger charge is -2.37. The predicted molar refractivity (Wildman–Crippen MR) is 110 cm³/mol. The standard InChI is InChI=1S/C19H27N5O3S/c1-5-24(28(4,26)27)16-8-10-23(11-9-16)17-7-6-15(12-20-17)18-21-14(3)13(2)19(25)22-18/h6-7,12,16H,5,8-11H2,1-4H3,(H,21,22,25). The van der Waals surface area contributed by atoms with E-state index >= 15 is 0 Å². The molecule has 0 spiro atoms. The van der Waals surface area contributed by atoms with E-state index in [0.29, 0.717) is 23.6 Å². The summed E-state index contributed by atoms with van der Waals surface area (Å²) < 4.78 is 25.4. The minimum absolute atomic E-state index is 0.0420. The number of piperidine rings is 1. The highest BCUT2D eigenvalue weighted by molar-refractivity contribution is 7.88. The van der Waals surface area contributed by atoms with E-state index in [9.17, 15) is 13.2 Å². The number of aromatic amines is 1. The van der Waals surface area contributed by atoms with Crippen LogP contribution in [0.4, 0.5) is 5.82 Å². The molecular weight excluding hydrogens is 378 g/mol. The largest absolute Gasteiger partial charge is 0.357 e. The second-order valence-corrected chi connectivity index (χ2v) is 9.15. The molecule has 0 saturated carbocycles. The second-order valence-electron chi connectivity index (χ2n) is 7.21. The van der Waals surface area contributed by atoms with Crippen LogP contribution in [0.1, 0.15) is 31.0 Å². The zero-order valence-electron chi connectivity index (χ0n) is 16.8. The van der Waals surface area contributed by atoms with Gasteiger partial charge in [-0.2, -0.15) is 4.31 Å². The van der Waals surface area contributed by atoms with Crippen molar-refractivity contribution in [2.75, 3.05) is 30.8 Å². The van der Waals surface area contributed by atoms with Crippen LogP contribution in [0.15, 0.2) is 23.1 Å². The predicted octanol–water partition coefficient (Wildman–Crippen LogP) is 1.70. The number of hydrogen-bond donors (Lipinski definition) is 1. The molecule has 1 fully saturated rings. The normalized spacial score (nSPS) is 16.0. The van der Waals surface area contributed by atoms with Crippen LogP contribution >= 0.6 is 0 Å². The molecule has 0 aliphatic carbocycles. The number of nitrogens with one attached hydrogen (secondary N) is 1. The number of pyridine rings is 1. The van der Waals surface area contributed by atoms with E-state index < -0.39 is 10.0 Å². The summed E-state index contributed by atoms with van der Waals surface area (Å²) in [6, 6.07) is 3.86. The van der Waals surface area contributed by atoms with E-state index in [0.717, 1.165) is 37.3 Å². The van der Waals surface area contributed by atoms with Crippen molar-refractivity contribution >= 4 is 15.8 Å². The van der Waals surface area contributed by atoms with Gasteiger partial charge in [-0.3, -0.25) is 4.79 Å². The molecule has 2 aromatic rings. The SMILES string of the molecule is CCN(C1CCN(c2ccc(-c3nc(C)c(C)c(=O)[nH]3)cn2)CC1)S(C)(=O)=O. The van der Waals surface area contributed by atoms with Gasteiger partial charge in [0.05, 0.1) is 6.26 Å². The first kappa shape index (κ1) is 20.5. The highest BCUT2D eigenvalue weighted by atomic mass is 32.2. The number of rotatable bonds is 5. The zero-order chi connectivity index (χ0) is 20.5. The molecule has 28 heavy (non-hydrogen) atoms. The van der Waals surface area contributed by atoms with Crippen LogP contribution in [0, 0.1) is 13.8 Å². The van der Waals surface area contributed by atoms with Gasteiger partial charge in [0.2, 0.25) is 10.0 Å². The van der Waals surface area contributed by atoms with Gasteiger partial charge in [0, 0.05) is 48.7 Å². The number of aromatic nitrogens is 3. The fraction of sp³-hybridized carbons (Fsp3) is 0.526. The molecule has 0 bridgehead atoms. The Morgan fingerprint density at radius 3 is 2.43 bits per heavy atom. The van der Waals surface area contributed by atoms with Crippen LogP contribution < -0.4 is 10.5 Å². The van der Waals surface area contributed by atoms with Gasteiger partial charge in [-0.15, -0.1) is 0 Å². The molecule has 0 aromatic carbocycles. The van der Waals surface area contributed by atoms with E-state index in [-0.39, 0.29) is 11.6 Å². The minimum Gasteiger partial charge on any atom is -0.357 e. The maximum absolute atomic E-state index is 12.0. The number of sulfonamides is 1. The van der Waals surface area contributed by atoms with Crippen molar-refractivity contribution in [2.24, 2.45) is 0 Å². The molecule has 0 atom stereocenters. The summed E-state index contributed by atoms with van der Waals surface area (Å²) in [6.07, 6.45) is 4.53. The summed E-state index contributed by atoms with van der Waals surface area (Å²) in [6.45, 7) is 7.44. The molecule has 152 valence electrons. The van der Waals surface area contributed by atoms with Gasteiger partial charge in [0.1, 0.15) is 11.6 Å². The lowest BCUT2D eigenvalue weighted by molar-refractivity contribution is 0.285. The fourth-order valence-corrected chi connectivity index (χ4v) is 4.86. The first-order chi connectivity index (χ1) is 13.2. The summed E-state index contributed by atoms with van der Waals surface area (Å²) in [5, 5.41) is 0. The Hall–Kier alpha value is -2.26. The Kier molecular flexibility index (Phi) is 5.85. The summed E-state index contributed by atoms with van der Waals surface area (Å²) in [4.78, 5) is 25.9. The van der Waals surface area contributed by atoms with E-state index in [1.54, 1.807) is 17.4 Å². The van der Waals surface area contributed by atoms with E-state index in [1.807, 2.05) is 26.0 Å². The van der Waals surface area contributed by atoms with Crippen molar-refractivity contribution in [3.63, 3.8) is 0 Å². The monoisotopic (exact) mass is 405 g/mol. The van der Waals surface area contributed by atoms with E-state index in [1.165, 1.54) is 6.26 Å². The van der Waals surface area contributed by atoms with E-state index in [4.69, 9.17) is 0 Å². The molecule has 1 aliphatic rings. The van der Waals surface area contributed by atoms with Crippen LogP contribution in [0.3, 0.4) is 0 Å². The number of H-pyrrole nitrogens is 1. The molecular formula is C19H27N5O3S. The Morgan fingerprint density at radius 1 is 1.25 bits per heavy atom. The first-order valence-electron chi connectivity index (χ1n) is 9.46. The molecule has 3 rings (SSSR count). The Morgan fingerprint density at radius 2 is 1.93 bits per heavy atom. The van der Waals surface area contributed by atoms with Crippen LogP contribution in [-0.4, -0.2) is 59.6 Å². The van der Waals surface area contributed by atoms with Gasteiger partial charge in [0.15, 0.2) is 0 Å². The molecule has 1 saturated heterocycles. The molecule has 1 aliphatic heterocycles. The Balaban J connectivity index is 1.71. The second kappa shape index (κ2) is 8.00. The minimum atomic E-state index is -3.18. The highest BCUT2D eigenvalue weighted by Gasteiger charge is 2.29. The molecule has 3 heterocycles. The van der Waals surface area contributed by atoms with Gasteiger partial charge >= 0.3 is 0 Å². The number of anilines is 1. The summed E-state index contributed by atoms with van der Waals surface area (Å²) in [5.74, 6) is 1.35. The Labute approximate surface area is 165 Å². The average molecular weight is 406 g/mol. The van der Waals surface area contributed by atoms with Crippen LogP contribution in [0.5, 0.6) is 0 Å². The number of aryl methyl sites for hydroxylation is 1.